The number of anilines is 2. The van der Waals surface area contributed by atoms with Crippen LogP contribution in [0.4, 0.5) is 11.8 Å². The summed E-state index contributed by atoms with van der Waals surface area (Å²) < 4.78 is 0. The van der Waals surface area contributed by atoms with Gasteiger partial charge in [0.15, 0.2) is 0 Å². The molecule has 21 heavy (non-hydrogen) atoms. The van der Waals surface area contributed by atoms with Crippen molar-refractivity contribution in [3.05, 3.63) is 41.9 Å². The fraction of sp³-hybridized carbons (Fsp3) is 0.267. The Bertz CT molecular complexity index is 747. The van der Waals surface area contributed by atoms with E-state index in [-0.39, 0.29) is 0 Å². The smallest absolute Gasteiger partial charge is 0.228 e. The first-order valence-electron chi connectivity index (χ1n) is 6.81. The monoisotopic (exact) mass is 282 g/mol. The van der Waals surface area contributed by atoms with Crippen molar-refractivity contribution in [1.29, 1.82) is 0 Å². The van der Waals surface area contributed by atoms with Crippen molar-refractivity contribution < 1.29 is 0 Å². The van der Waals surface area contributed by atoms with E-state index >= 15 is 0 Å². The molecule has 6 nitrogen and oxygen atoms in total. The summed E-state index contributed by atoms with van der Waals surface area (Å²) in [5.74, 6) is 1.51. The second-order valence-corrected chi connectivity index (χ2v) is 5.20. The summed E-state index contributed by atoms with van der Waals surface area (Å²) in [7, 11) is 3.86. The Hall–Kier alpha value is -2.63. The van der Waals surface area contributed by atoms with Crippen molar-refractivity contribution in [3.8, 4) is 0 Å². The molecule has 0 spiro atoms. The number of H-pyrrole nitrogens is 1. The summed E-state index contributed by atoms with van der Waals surface area (Å²) in [4.78, 5) is 18.4. The molecule has 0 atom stereocenters. The van der Waals surface area contributed by atoms with E-state index in [1.807, 2.05) is 44.2 Å². The molecule has 0 aliphatic heterocycles. The molecule has 0 bridgehead atoms. The quantitative estimate of drug-likeness (QED) is 0.768. The van der Waals surface area contributed by atoms with Gasteiger partial charge >= 0.3 is 0 Å². The van der Waals surface area contributed by atoms with Gasteiger partial charge in [0.05, 0.1) is 5.39 Å². The second kappa shape index (κ2) is 5.40. The first-order chi connectivity index (χ1) is 10.1. The van der Waals surface area contributed by atoms with Crippen molar-refractivity contribution >= 4 is 22.8 Å². The number of nitrogens with zero attached hydrogens (tertiary/aromatic N) is 4. The summed E-state index contributed by atoms with van der Waals surface area (Å²) in [6.45, 7) is 2.69. The van der Waals surface area contributed by atoms with Crippen LogP contribution in [0.25, 0.3) is 11.0 Å². The molecule has 0 aliphatic rings. The van der Waals surface area contributed by atoms with Gasteiger partial charge in [0.1, 0.15) is 11.5 Å². The molecule has 0 aliphatic carbocycles. The summed E-state index contributed by atoms with van der Waals surface area (Å²) in [5.41, 5.74) is 3.03. The van der Waals surface area contributed by atoms with Crippen molar-refractivity contribution in [1.82, 2.24) is 19.9 Å². The third-order valence-electron chi connectivity index (χ3n) is 3.19. The highest BCUT2D eigenvalue weighted by atomic mass is 15.2. The Morgan fingerprint density at radius 2 is 2.14 bits per heavy atom. The van der Waals surface area contributed by atoms with E-state index in [1.165, 1.54) is 0 Å². The molecule has 0 unspecified atom stereocenters. The van der Waals surface area contributed by atoms with Crippen LogP contribution in [0.1, 0.15) is 11.3 Å². The molecule has 0 aromatic carbocycles. The summed E-state index contributed by atoms with van der Waals surface area (Å²) in [6, 6.07) is 6.02. The molecule has 6 heteroatoms. The zero-order chi connectivity index (χ0) is 14.8. The SMILES string of the molecule is Cc1cc2c(NCc3cccnc3)nc(N(C)C)nc2[nH]1. The van der Waals surface area contributed by atoms with Crippen LogP contribution in [-0.4, -0.2) is 34.0 Å². The lowest BCUT2D eigenvalue weighted by Gasteiger charge is -2.13. The topological polar surface area (TPSA) is 69.7 Å². The predicted octanol–water partition coefficient (Wildman–Crippen LogP) is 2.34. The highest BCUT2D eigenvalue weighted by molar-refractivity contribution is 5.88. The first-order valence-corrected chi connectivity index (χ1v) is 6.81. The Balaban J connectivity index is 1.95. The van der Waals surface area contributed by atoms with Gasteiger partial charge in [0.25, 0.3) is 0 Å². The lowest BCUT2D eigenvalue weighted by atomic mass is 10.3. The van der Waals surface area contributed by atoms with Crippen LogP contribution in [0.15, 0.2) is 30.6 Å². The van der Waals surface area contributed by atoms with Gasteiger partial charge in [0, 0.05) is 38.7 Å². The highest BCUT2D eigenvalue weighted by Gasteiger charge is 2.11. The van der Waals surface area contributed by atoms with Crippen molar-refractivity contribution in [2.24, 2.45) is 0 Å². The molecule has 0 fully saturated rings. The van der Waals surface area contributed by atoms with Gasteiger partial charge < -0.3 is 15.2 Å². The molecule has 2 N–H and O–H groups in total. The summed E-state index contributed by atoms with van der Waals surface area (Å²) >= 11 is 0. The number of aromatic amines is 1. The fourth-order valence-electron chi connectivity index (χ4n) is 2.15. The normalized spacial score (nSPS) is 10.8. The average molecular weight is 282 g/mol. The number of fused-ring (bicyclic) bond motifs is 1. The van der Waals surface area contributed by atoms with Gasteiger partial charge in [-0.2, -0.15) is 9.97 Å². The van der Waals surface area contributed by atoms with E-state index in [1.54, 1.807) is 6.20 Å². The second-order valence-electron chi connectivity index (χ2n) is 5.20. The standard InChI is InChI=1S/C15H18N6/c1-10-7-12-13(17-9-11-5-4-6-16-8-11)19-15(21(2)3)20-14(12)18-10/h4-8H,9H2,1-3H3,(H2,17,18,19,20). The molecule has 108 valence electrons. The minimum atomic E-state index is 0.678. The molecule has 0 amide bonds. The van der Waals surface area contributed by atoms with Crippen LogP contribution < -0.4 is 10.2 Å². The van der Waals surface area contributed by atoms with Crippen LogP contribution in [0, 0.1) is 6.92 Å². The van der Waals surface area contributed by atoms with Gasteiger partial charge in [-0.3, -0.25) is 4.98 Å². The van der Waals surface area contributed by atoms with Gasteiger partial charge in [-0.05, 0) is 24.6 Å². The number of rotatable bonds is 4. The van der Waals surface area contributed by atoms with E-state index in [4.69, 9.17) is 0 Å². The zero-order valence-corrected chi connectivity index (χ0v) is 12.4. The Kier molecular flexibility index (Phi) is 3.43. The van der Waals surface area contributed by atoms with Gasteiger partial charge in [0.2, 0.25) is 5.95 Å². The zero-order valence-electron chi connectivity index (χ0n) is 12.4. The van der Waals surface area contributed by atoms with Crippen LogP contribution in [-0.2, 0) is 6.54 Å². The van der Waals surface area contributed by atoms with E-state index < -0.39 is 0 Å². The molecular weight excluding hydrogens is 264 g/mol. The lowest BCUT2D eigenvalue weighted by Crippen LogP contribution is -2.14. The Morgan fingerprint density at radius 1 is 1.29 bits per heavy atom. The summed E-state index contributed by atoms with van der Waals surface area (Å²) in [5, 5.41) is 4.38. The average Bonchev–Trinajstić information content (AvgIpc) is 2.86. The molecule has 0 radical (unpaired) electrons. The molecule has 3 aromatic heterocycles. The van der Waals surface area contributed by atoms with Crippen LogP contribution in [0.3, 0.4) is 0 Å². The largest absolute Gasteiger partial charge is 0.365 e. The third-order valence-corrected chi connectivity index (χ3v) is 3.19. The van der Waals surface area contributed by atoms with Crippen molar-refractivity contribution in [3.63, 3.8) is 0 Å². The van der Waals surface area contributed by atoms with E-state index in [0.717, 1.165) is 28.1 Å². The lowest BCUT2D eigenvalue weighted by molar-refractivity contribution is 0.999. The Labute approximate surface area is 123 Å². The number of pyridine rings is 1. The maximum Gasteiger partial charge on any atom is 0.228 e. The minimum absolute atomic E-state index is 0.678. The highest BCUT2D eigenvalue weighted by Crippen LogP contribution is 2.24. The number of hydrogen-bond acceptors (Lipinski definition) is 5. The Morgan fingerprint density at radius 3 is 2.86 bits per heavy atom. The van der Waals surface area contributed by atoms with Crippen LogP contribution in [0.2, 0.25) is 0 Å². The number of aromatic nitrogens is 4. The molecule has 3 rings (SSSR count). The molecule has 0 saturated carbocycles. The van der Waals surface area contributed by atoms with Crippen LogP contribution in [0.5, 0.6) is 0 Å². The van der Waals surface area contributed by atoms with Crippen molar-refractivity contribution in [2.75, 3.05) is 24.3 Å². The number of hydrogen-bond donors (Lipinski definition) is 2. The van der Waals surface area contributed by atoms with E-state index in [0.29, 0.717) is 12.5 Å². The third kappa shape index (κ3) is 2.79. The summed E-state index contributed by atoms with van der Waals surface area (Å²) in [6.07, 6.45) is 3.62. The van der Waals surface area contributed by atoms with Crippen LogP contribution >= 0.6 is 0 Å². The van der Waals surface area contributed by atoms with E-state index in [9.17, 15) is 0 Å². The molecule has 3 aromatic rings. The van der Waals surface area contributed by atoms with E-state index in [2.05, 4.69) is 31.3 Å². The first kappa shape index (κ1) is 13.4. The van der Waals surface area contributed by atoms with Gasteiger partial charge in [-0.1, -0.05) is 6.07 Å². The maximum atomic E-state index is 4.59. The maximum absolute atomic E-state index is 4.59. The molecular formula is C15H18N6. The number of aryl methyl sites for hydroxylation is 1. The molecule has 0 saturated heterocycles. The van der Waals surface area contributed by atoms with Gasteiger partial charge in [-0.25, -0.2) is 0 Å². The number of nitrogens with one attached hydrogen (secondary N) is 2. The molecule has 3 heterocycles. The van der Waals surface area contributed by atoms with Gasteiger partial charge in [-0.15, -0.1) is 0 Å². The fourth-order valence-corrected chi connectivity index (χ4v) is 2.15. The predicted molar refractivity (Wildman–Crippen MR) is 84.5 cm³/mol. The van der Waals surface area contributed by atoms with Crippen molar-refractivity contribution in [2.45, 2.75) is 13.5 Å². The minimum Gasteiger partial charge on any atom is -0.365 e.